The molecule has 3 unspecified atom stereocenters. The van der Waals surface area contributed by atoms with Gasteiger partial charge in [0.25, 0.3) is 0 Å². The van der Waals surface area contributed by atoms with Crippen molar-refractivity contribution in [2.45, 2.75) is 63.5 Å². The Morgan fingerprint density at radius 3 is 2.79 bits per heavy atom. The van der Waals surface area contributed by atoms with Gasteiger partial charge < -0.3 is 10.6 Å². The van der Waals surface area contributed by atoms with Gasteiger partial charge in [-0.25, -0.2) is 4.39 Å². The van der Waals surface area contributed by atoms with Crippen molar-refractivity contribution in [2.24, 2.45) is 5.92 Å². The standard InChI is InChI=1S/C19H27FN2O.ClH/c1-19(2,14-7-5-8-15(20)11-14)12-21-18(23)17-10-13-6-3-4-9-16(13)22-17;/h5,7-8,11,13,16-17,22H,3-4,6,9-10,12H2,1-2H3,(H,21,23);1H. The lowest BCUT2D eigenvalue weighted by Gasteiger charge is -2.26. The van der Waals surface area contributed by atoms with E-state index >= 15 is 0 Å². The van der Waals surface area contributed by atoms with Gasteiger partial charge >= 0.3 is 0 Å². The number of rotatable bonds is 4. The average molecular weight is 355 g/mol. The fourth-order valence-electron chi connectivity index (χ4n) is 3.96. The van der Waals surface area contributed by atoms with Gasteiger partial charge in [-0.2, -0.15) is 0 Å². The Morgan fingerprint density at radius 1 is 1.33 bits per heavy atom. The van der Waals surface area contributed by atoms with E-state index in [2.05, 4.69) is 10.6 Å². The van der Waals surface area contributed by atoms with Gasteiger partial charge in [-0.1, -0.05) is 38.8 Å². The molecule has 3 nitrogen and oxygen atoms in total. The first kappa shape index (κ1) is 19.2. The van der Waals surface area contributed by atoms with Crippen LogP contribution in [0, 0.1) is 11.7 Å². The number of halogens is 2. The van der Waals surface area contributed by atoms with Gasteiger partial charge in [0.1, 0.15) is 5.82 Å². The molecule has 1 saturated heterocycles. The lowest BCUT2D eigenvalue weighted by Crippen LogP contribution is -2.46. The molecule has 1 amide bonds. The van der Waals surface area contributed by atoms with E-state index in [1.165, 1.54) is 31.7 Å². The van der Waals surface area contributed by atoms with Gasteiger partial charge in [-0.05, 0) is 42.9 Å². The first-order valence-electron chi connectivity index (χ1n) is 8.75. The summed E-state index contributed by atoms with van der Waals surface area (Å²) in [7, 11) is 0. The maximum Gasteiger partial charge on any atom is 0.237 e. The van der Waals surface area contributed by atoms with Crippen LogP contribution in [0.4, 0.5) is 4.39 Å². The third-order valence-corrected chi connectivity index (χ3v) is 5.49. The molecular formula is C19H28ClFN2O. The summed E-state index contributed by atoms with van der Waals surface area (Å²) in [4.78, 5) is 12.5. The lowest BCUT2D eigenvalue weighted by atomic mass is 9.84. The fourth-order valence-corrected chi connectivity index (χ4v) is 3.96. The molecule has 1 aliphatic carbocycles. The number of hydrogen-bond donors (Lipinski definition) is 2. The average Bonchev–Trinajstić information content (AvgIpc) is 2.97. The molecule has 0 aromatic heterocycles. The van der Waals surface area contributed by atoms with Crippen LogP contribution in [0.5, 0.6) is 0 Å². The van der Waals surface area contributed by atoms with Crippen LogP contribution in [0.15, 0.2) is 24.3 Å². The van der Waals surface area contributed by atoms with Crippen LogP contribution in [-0.4, -0.2) is 24.5 Å². The van der Waals surface area contributed by atoms with E-state index in [4.69, 9.17) is 0 Å². The van der Waals surface area contributed by atoms with Gasteiger partial charge in [-0.3, -0.25) is 4.79 Å². The summed E-state index contributed by atoms with van der Waals surface area (Å²) in [5.74, 6) is 0.517. The lowest BCUT2D eigenvalue weighted by molar-refractivity contribution is -0.123. The predicted octanol–water partition coefficient (Wildman–Crippen LogP) is 3.56. The van der Waals surface area contributed by atoms with Crippen molar-refractivity contribution in [1.29, 1.82) is 0 Å². The molecule has 1 heterocycles. The molecule has 2 aliphatic rings. The zero-order valence-electron chi connectivity index (χ0n) is 14.5. The normalized spacial score (nSPS) is 26.4. The topological polar surface area (TPSA) is 41.1 Å². The van der Waals surface area contributed by atoms with E-state index in [0.29, 0.717) is 18.5 Å². The van der Waals surface area contributed by atoms with E-state index in [9.17, 15) is 9.18 Å². The summed E-state index contributed by atoms with van der Waals surface area (Å²) in [5, 5.41) is 6.57. The van der Waals surface area contributed by atoms with Gasteiger partial charge in [0.05, 0.1) is 6.04 Å². The molecule has 0 radical (unpaired) electrons. The minimum absolute atomic E-state index is 0. The van der Waals surface area contributed by atoms with Crippen LogP contribution in [-0.2, 0) is 10.2 Å². The van der Waals surface area contributed by atoms with E-state index < -0.39 is 0 Å². The first-order valence-corrected chi connectivity index (χ1v) is 8.75. The van der Waals surface area contributed by atoms with Crippen molar-refractivity contribution >= 4 is 18.3 Å². The van der Waals surface area contributed by atoms with Gasteiger partial charge in [0.15, 0.2) is 0 Å². The summed E-state index contributed by atoms with van der Waals surface area (Å²) in [5.41, 5.74) is 0.620. The minimum Gasteiger partial charge on any atom is -0.354 e. The third kappa shape index (κ3) is 4.28. The Balaban J connectivity index is 0.00000208. The van der Waals surface area contributed by atoms with Crippen molar-refractivity contribution in [1.82, 2.24) is 10.6 Å². The number of benzene rings is 1. The predicted molar refractivity (Wildman–Crippen MR) is 97.0 cm³/mol. The molecular weight excluding hydrogens is 327 g/mol. The highest BCUT2D eigenvalue weighted by Gasteiger charge is 2.38. The number of nitrogens with one attached hydrogen (secondary N) is 2. The second kappa shape index (κ2) is 7.83. The number of carbonyl (C=O) groups is 1. The Bertz CT molecular complexity index is 564. The molecule has 3 atom stereocenters. The monoisotopic (exact) mass is 354 g/mol. The van der Waals surface area contributed by atoms with Crippen molar-refractivity contribution < 1.29 is 9.18 Å². The summed E-state index contributed by atoms with van der Waals surface area (Å²) in [6.45, 7) is 4.58. The molecule has 2 N–H and O–H groups in total. The minimum atomic E-state index is -0.289. The number of fused-ring (bicyclic) bond motifs is 1. The molecule has 1 aromatic carbocycles. The maximum absolute atomic E-state index is 13.4. The van der Waals surface area contributed by atoms with E-state index in [1.807, 2.05) is 19.9 Å². The Kier molecular flexibility index (Phi) is 6.27. The largest absolute Gasteiger partial charge is 0.354 e. The molecule has 0 spiro atoms. The summed E-state index contributed by atoms with van der Waals surface area (Å²) in [6.07, 6.45) is 5.97. The van der Waals surface area contributed by atoms with Crippen LogP contribution in [0.1, 0.15) is 51.5 Å². The summed E-state index contributed by atoms with van der Waals surface area (Å²) >= 11 is 0. The highest BCUT2D eigenvalue weighted by molar-refractivity contribution is 5.85. The zero-order valence-corrected chi connectivity index (χ0v) is 15.3. The quantitative estimate of drug-likeness (QED) is 0.868. The molecule has 24 heavy (non-hydrogen) atoms. The van der Waals surface area contributed by atoms with Gasteiger partial charge in [0.2, 0.25) is 5.91 Å². The van der Waals surface area contributed by atoms with Crippen LogP contribution < -0.4 is 10.6 Å². The summed E-state index contributed by atoms with van der Waals surface area (Å²) in [6, 6.07) is 7.09. The smallest absolute Gasteiger partial charge is 0.237 e. The Labute approximate surface area is 150 Å². The fraction of sp³-hybridized carbons (Fsp3) is 0.632. The molecule has 2 fully saturated rings. The Hall–Kier alpha value is -1.13. The van der Waals surface area contributed by atoms with Crippen molar-refractivity contribution in [3.8, 4) is 0 Å². The molecule has 5 heteroatoms. The number of hydrogen-bond acceptors (Lipinski definition) is 2. The highest BCUT2D eigenvalue weighted by Crippen LogP contribution is 2.33. The van der Waals surface area contributed by atoms with Crippen LogP contribution in [0.3, 0.4) is 0 Å². The molecule has 1 aromatic rings. The van der Waals surface area contributed by atoms with Crippen LogP contribution in [0.2, 0.25) is 0 Å². The molecule has 1 aliphatic heterocycles. The number of amides is 1. The number of carbonyl (C=O) groups excluding carboxylic acids is 1. The van der Waals surface area contributed by atoms with Crippen molar-refractivity contribution in [3.05, 3.63) is 35.6 Å². The van der Waals surface area contributed by atoms with Gasteiger partial charge in [0, 0.05) is 18.0 Å². The zero-order chi connectivity index (χ0) is 16.4. The van der Waals surface area contributed by atoms with Gasteiger partial charge in [-0.15, -0.1) is 12.4 Å². The van der Waals surface area contributed by atoms with Crippen LogP contribution in [0.25, 0.3) is 0 Å². The summed E-state index contributed by atoms with van der Waals surface area (Å²) < 4.78 is 13.4. The van der Waals surface area contributed by atoms with Crippen LogP contribution >= 0.6 is 12.4 Å². The highest BCUT2D eigenvalue weighted by atomic mass is 35.5. The first-order chi connectivity index (χ1) is 11.0. The third-order valence-electron chi connectivity index (χ3n) is 5.49. The second-order valence-corrected chi connectivity index (χ2v) is 7.72. The second-order valence-electron chi connectivity index (χ2n) is 7.72. The van der Waals surface area contributed by atoms with E-state index in [-0.39, 0.29) is 35.6 Å². The Morgan fingerprint density at radius 2 is 2.08 bits per heavy atom. The molecule has 3 rings (SSSR count). The SMILES string of the molecule is CC(C)(CNC(=O)C1CC2CCCCC2N1)c1cccc(F)c1.Cl. The molecule has 134 valence electrons. The molecule has 0 bridgehead atoms. The van der Waals surface area contributed by atoms with Crippen molar-refractivity contribution in [2.75, 3.05) is 6.54 Å². The van der Waals surface area contributed by atoms with Crippen molar-refractivity contribution in [3.63, 3.8) is 0 Å². The molecule has 1 saturated carbocycles. The van der Waals surface area contributed by atoms with E-state index in [0.717, 1.165) is 12.0 Å². The van der Waals surface area contributed by atoms with E-state index in [1.54, 1.807) is 12.1 Å². The maximum atomic E-state index is 13.4.